The molecular weight excluding hydrogens is 230 g/mol. The van der Waals surface area contributed by atoms with Gasteiger partial charge in [-0.05, 0) is 0 Å². The molecule has 0 amide bonds. The zero-order valence-electron chi connectivity index (χ0n) is 9.70. The van der Waals surface area contributed by atoms with Crippen molar-refractivity contribution in [3.8, 4) is 11.5 Å². The fraction of sp³-hybridized carbons (Fsp3) is 0.400. The molecule has 0 aromatic heterocycles. The maximum absolute atomic E-state index is 11.5. The van der Waals surface area contributed by atoms with E-state index in [0.717, 1.165) is 6.26 Å². The Kier molecular flexibility index (Phi) is 3.64. The molecular formula is C10H15NO4S. The predicted molar refractivity (Wildman–Crippen MR) is 62.2 cm³/mol. The van der Waals surface area contributed by atoms with E-state index in [9.17, 15) is 8.42 Å². The summed E-state index contributed by atoms with van der Waals surface area (Å²) in [6.07, 6.45) is 1.13. The van der Waals surface area contributed by atoms with Crippen molar-refractivity contribution >= 4 is 15.5 Å². The lowest BCUT2D eigenvalue weighted by atomic mass is 10.2. The first kappa shape index (κ1) is 12.6. The van der Waals surface area contributed by atoms with E-state index in [2.05, 4.69) is 5.32 Å². The second-order valence-electron chi connectivity index (χ2n) is 3.23. The molecule has 0 fully saturated rings. The lowest BCUT2D eigenvalue weighted by Gasteiger charge is -2.13. The second kappa shape index (κ2) is 4.61. The third-order valence-electron chi connectivity index (χ3n) is 2.15. The van der Waals surface area contributed by atoms with Crippen molar-refractivity contribution in [3.05, 3.63) is 12.1 Å². The third kappa shape index (κ3) is 2.38. The van der Waals surface area contributed by atoms with Crippen LogP contribution >= 0.6 is 0 Å². The van der Waals surface area contributed by atoms with Crippen molar-refractivity contribution < 1.29 is 17.9 Å². The maximum Gasteiger partial charge on any atom is 0.179 e. The molecule has 90 valence electrons. The number of benzene rings is 1. The van der Waals surface area contributed by atoms with Crippen LogP contribution in [-0.4, -0.2) is 35.9 Å². The minimum Gasteiger partial charge on any atom is -0.495 e. The number of hydrogen-bond donors (Lipinski definition) is 1. The van der Waals surface area contributed by atoms with Gasteiger partial charge < -0.3 is 14.8 Å². The molecule has 0 atom stereocenters. The Morgan fingerprint density at radius 2 is 1.69 bits per heavy atom. The van der Waals surface area contributed by atoms with Crippen molar-refractivity contribution in [2.45, 2.75) is 4.90 Å². The largest absolute Gasteiger partial charge is 0.495 e. The molecule has 1 aromatic rings. The number of ether oxygens (including phenoxy) is 2. The molecule has 0 bridgehead atoms. The monoisotopic (exact) mass is 245 g/mol. The molecule has 0 saturated carbocycles. The molecule has 5 nitrogen and oxygen atoms in total. The Balaban J connectivity index is 3.50. The van der Waals surface area contributed by atoms with Gasteiger partial charge in [0.25, 0.3) is 0 Å². The summed E-state index contributed by atoms with van der Waals surface area (Å²) in [4.78, 5) is 0.117. The second-order valence-corrected chi connectivity index (χ2v) is 5.21. The van der Waals surface area contributed by atoms with E-state index in [0.29, 0.717) is 17.2 Å². The van der Waals surface area contributed by atoms with E-state index in [-0.39, 0.29) is 4.90 Å². The van der Waals surface area contributed by atoms with Crippen LogP contribution in [-0.2, 0) is 9.84 Å². The SMILES string of the molecule is CNc1cc(OC)c(S(C)(=O)=O)cc1OC. The van der Waals surface area contributed by atoms with Gasteiger partial charge in [0.1, 0.15) is 16.4 Å². The zero-order chi connectivity index (χ0) is 12.3. The van der Waals surface area contributed by atoms with Crippen LogP contribution in [0.2, 0.25) is 0 Å². The number of nitrogens with one attached hydrogen (secondary N) is 1. The molecule has 0 aliphatic heterocycles. The number of rotatable bonds is 4. The van der Waals surface area contributed by atoms with Gasteiger partial charge >= 0.3 is 0 Å². The maximum atomic E-state index is 11.5. The Labute approximate surface area is 95.3 Å². The van der Waals surface area contributed by atoms with Crippen LogP contribution in [0.4, 0.5) is 5.69 Å². The standard InChI is InChI=1S/C10H15NO4S/c1-11-7-5-9(15-3)10(16(4,12)13)6-8(7)14-2/h5-6,11H,1-4H3. The molecule has 0 aliphatic rings. The molecule has 0 heterocycles. The lowest BCUT2D eigenvalue weighted by molar-refractivity contribution is 0.393. The van der Waals surface area contributed by atoms with Crippen LogP contribution in [0.3, 0.4) is 0 Å². The van der Waals surface area contributed by atoms with Crippen molar-refractivity contribution in [2.75, 3.05) is 32.8 Å². The molecule has 0 spiro atoms. The molecule has 1 N–H and O–H groups in total. The topological polar surface area (TPSA) is 64.6 Å². The Bertz CT molecular complexity index is 482. The molecule has 0 saturated heterocycles. The van der Waals surface area contributed by atoms with Crippen molar-refractivity contribution in [3.63, 3.8) is 0 Å². The molecule has 6 heteroatoms. The van der Waals surface area contributed by atoms with Gasteiger partial charge in [0.15, 0.2) is 9.84 Å². The fourth-order valence-corrected chi connectivity index (χ4v) is 2.18. The van der Waals surface area contributed by atoms with Gasteiger partial charge in [-0.15, -0.1) is 0 Å². The number of hydrogen-bond acceptors (Lipinski definition) is 5. The lowest BCUT2D eigenvalue weighted by Crippen LogP contribution is -2.03. The number of sulfone groups is 1. The number of anilines is 1. The van der Waals surface area contributed by atoms with Crippen LogP contribution in [0.1, 0.15) is 0 Å². The quantitative estimate of drug-likeness (QED) is 0.862. The highest BCUT2D eigenvalue weighted by molar-refractivity contribution is 7.90. The molecule has 0 radical (unpaired) electrons. The van der Waals surface area contributed by atoms with Crippen LogP contribution in [0.5, 0.6) is 11.5 Å². The van der Waals surface area contributed by atoms with E-state index < -0.39 is 9.84 Å². The minimum atomic E-state index is -3.34. The Morgan fingerprint density at radius 1 is 1.12 bits per heavy atom. The summed E-state index contributed by atoms with van der Waals surface area (Å²) in [5.41, 5.74) is 0.673. The van der Waals surface area contributed by atoms with E-state index >= 15 is 0 Å². The zero-order valence-corrected chi connectivity index (χ0v) is 10.5. The minimum absolute atomic E-state index is 0.117. The summed E-state index contributed by atoms with van der Waals surface area (Å²) < 4.78 is 33.2. The highest BCUT2D eigenvalue weighted by atomic mass is 32.2. The fourth-order valence-electron chi connectivity index (χ4n) is 1.35. The number of methoxy groups -OCH3 is 2. The summed E-state index contributed by atoms with van der Waals surface area (Å²) in [5, 5.41) is 2.90. The van der Waals surface area contributed by atoms with Crippen LogP contribution in [0.25, 0.3) is 0 Å². The van der Waals surface area contributed by atoms with Crippen molar-refractivity contribution in [1.82, 2.24) is 0 Å². The average Bonchev–Trinajstić information content (AvgIpc) is 2.25. The van der Waals surface area contributed by atoms with Crippen molar-refractivity contribution in [2.24, 2.45) is 0 Å². The molecule has 0 aliphatic carbocycles. The summed E-state index contributed by atoms with van der Waals surface area (Å²) in [6, 6.07) is 3.04. The van der Waals surface area contributed by atoms with Gasteiger partial charge in [0.2, 0.25) is 0 Å². The molecule has 16 heavy (non-hydrogen) atoms. The summed E-state index contributed by atoms with van der Waals surface area (Å²) in [7, 11) is 1.29. The first-order chi connectivity index (χ1) is 7.43. The van der Waals surface area contributed by atoms with E-state index in [1.165, 1.54) is 20.3 Å². The third-order valence-corrected chi connectivity index (χ3v) is 3.27. The van der Waals surface area contributed by atoms with Gasteiger partial charge in [-0.2, -0.15) is 0 Å². The summed E-state index contributed by atoms with van der Waals surface area (Å²) >= 11 is 0. The van der Waals surface area contributed by atoms with E-state index in [1.807, 2.05) is 0 Å². The Hall–Kier alpha value is -1.43. The molecule has 0 unspecified atom stereocenters. The van der Waals surface area contributed by atoms with Crippen LogP contribution < -0.4 is 14.8 Å². The predicted octanol–water partition coefficient (Wildman–Crippen LogP) is 1.15. The van der Waals surface area contributed by atoms with Crippen LogP contribution in [0, 0.1) is 0 Å². The van der Waals surface area contributed by atoms with E-state index in [4.69, 9.17) is 9.47 Å². The summed E-state index contributed by atoms with van der Waals surface area (Å²) in [6.45, 7) is 0. The average molecular weight is 245 g/mol. The van der Waals surface area contributed by atoms with Gasteiger partial charge in [0, 0.05) is 25.4 Å². The molecule has 1 aromatic carbocycles. The summed E-state index contributed by atoms with van der Waals surface area (Å²) in [5.74, 6) is 0.761. The smallest absolute Gasteiger partial charge is 0.179 e. The molecule has 1 rings (SSSR count). The van der Waals surface area contributed by atoms with Gasteiger partial charge in [-0.1, -0.05) is 0 Å². The van der Waals surface area contributed by atoms with E-state index in [1.54, 1.807) is 13.1 Å². The highest BCUT2D eigenvalue weighted by Crippen LogP contribution is 2.35. The highest BCUT2D eigenvalue weighted by Gasteiger charge is 2.18. The van der Waals surface area contributed by atoms with Crippen LogP contribution in [0.15, 0.2) is 17.0 Å². The van der Waals surface area contributed by atoms with Gasteiger partial charge in [0.05, 0.1) is 19.9 Å². The Morgan fingerprint density at radius 3 is 2.06 bits per heavy atom. The van der Waals surface area contributed by atoms with Gasteiger partial charge in [-0.3, -0.25) is 0 Å². The first-order valence-electron chi connectivity index (χ1n) is 4.58. The first-order valence-corrected chi connectivity index (χ1v) is 6.47. The van der Waals surface area contributed by atoms with Gasteiger partial charge in [-0.25, -0.2) is 8.42 Å². The van der Waals surface area contributed by atoms with Crippen molar-refractivity contribution in [1.29, 1.82) is 0 Å². The normalized spacial score (nSPS) is 11.0.